The molecule has 4 heteroatoms. The van der Waals surface area contributed by atoms with Crippen LogP contribution in [0.15, 0.2) is 24.3 Å². The molecule has 0 aliphatic heterocycles. The van der Waals surface area contributed by atoms with Crippen LogP contribution in [0.2, 0.25) is 0 Å². The van der Waals surface area contributed by atoms with Crippen molar-refractivity contribution in [1.29, 1.82) is 0 Å². The highest BCUT2D eigenvalue weighted by atomic mass is 16.3. The Morgan fingerprint density at radius 3 is 2.35 bits per heavy atom. The number of carbonyl (C=O) groups is 1. The maximum absolute atomic E-state index is 12.1. The van der Waals surface area contributed by atoms with Gasteiger partial charge in [-0.1, -0.05) is 12.8 Å². The molecule has 1 saturated carbocycles. The molecule has 2 N–H and O–H groups in total. The monoisotopic (exact) mass is 276 g/mol. The highest BCUT2D eigenvalue weighted by molar-refractivity contribution is 5.94. The molecule has 2 rings (SSSR count). The van der Waals surface area contributed by atoms with Crippen LogP contribution < -0.4 is 10.2 Å². The van der Waals surface area contributed by atoms with Gasteiger partial charge in [-0.2, -0.15) is 0 Å². The van der Waals surface area contributed by atoms with Crippen molar-refractivity contribution in [2.75, 3.05) is 32.1 Å². The summed E-state index contributed by atoms with van der Waals surface area (Å²) in [5.74, 6) is -0.0602. The minimum atomic E-state index is -0.0980. The van der Waals surface area contributed by atoms with Crippen molar-refractivity contribution in [3.05, 3.63) is 29.8 Å². The molecule has 1 aliphatic carbocycles. The van der Waals surface area contributed by atoms with E-state index < -0.39 is 0 Å². The zero-order chi connectivity index (χ0) is 14.6. The molecule has 0 unspecified atom stereocenters. The van der Waals surface area contributed by atoms with Crippen molar-refractivity contribution in [2.45, 2.75) is 25.7 Å². The van der Waals surface area contributed by atoms with E-state index in [0.717, 1.165) is 31.4 Å². The van der Waals surface area contributed by atoms with E-state index in [2.05, 4.69) is 5.32 Å². The minimum absolute atomic E-state index is 0.0602. The smallest absolute Gasteiger partial charge is 0.251 e. The maximum Gasteiger partial charge on any atom is 0.251 e. The average Bonchev–Trinajstić information content (AvgIpc) is 2.94. The molecule has 0 heterocycles. The lowest BCUT2D eigenvalue weighted by atomic mass is 9.87. The summed E-state index contributed by atoms with van der Waals surface area (Å²) in [6, 6.07) is 7.55. The lowest BCUT2D eigenvalue weighted by molar-refractivity contribution is 0.0880. The molecule has 0 aromatic heterocycles. The number of nitrogens with zero attached hydrogens (tertiary/aromatic N) is 1. The summed E-state index contributed by atoms with van der Waals surface area (Å²) in [4.78, 5) is 14.1. The van der Waals surface area contributed by atoms with Crippen LogP contribution in [0.4, 0.5) is 5.69 Å². The van der Waals surface area contributed by atoms with Crippen molar-refractivity contribution in [1.82, 2.24) is 5.32 Å². The van der Waals surface area contributed by atoms with Gasteiger partial charge in [0.05, 0.1) is 6.61 Å². The van der Waals surface area contributed by atoms with Gasteiger partial charge >= 0.3 is 0 Å². The van der Waals surface area contributed by atoms with Crippen molar-refractivity contribution >= 4 is 11.6 Å². The minimum Gasteiger partial charge on any atom is -0.396 e. The first-order chi connectivity index (χ1) is 9.56. The summed E-state index contributed by atoms with van der Waals surface area (Å²) in [5, 5.41) is 12.5. The topological polar surface area (TPSA) is 52.6 Å². The number of aliphatic hydroxyl groups is 1. The molecule has 4 nitrogen and oxygen atoms in total. The Kier molecular flexibility index (Phi) is 4.65. The first-order valence-electron chi connectivity index (χ1n) is 7.23. The molecule has 1 fully saturated rings. The lowest BCUT2D eigenvalue weighted by Gasteiger charge is -2.26. The third-order valence-corrected chi connectivity index (χ3v) is 4.27. The second kappa shape index (κ2) is 6.27. The standard InChI is InChI=1S/C16H24N2O2/c1-18(2)14-7-5-13(6-8-14)15(20)17-11-16(12-19)9-3-4-10-16/h5-8,19H,3-4,9-12H2,1-2H3,(H,17,20). The predicted octanol–water partition coefficient (Wildman–Crippen LogP) is 2.04. The Labute approximate surface area is 120 Å². The molecule has 0 radical (unpaired) electrons. The fourth-order valence-corrected chi connectivity index (χ4v) is 2.80. The van der Waals surface area contributed by atoms with Gasteiger partial charge in [0.25, 0.3) is 5.91 Å². The fraction of sp³-hybridized carbons (Fsp3) is 0.562. The van der Waals surface area contributed by atoms with Gasteiger partial charge in [-0.25, -0.2) is 0 Å². The van der Waals surface area contributed by atoms with Crippen molar-refractivity contribution in [2.24, 2.45) is 5.41 Å². The molecule has 0 bridgehead atoms. The Morgan fingerprint density at radius 1 is 1.25 bits per heavy atom. The molecule has 1 aromatic rings. The van der Waals surface area contributed by atoms with E-state index in [0.29, 0.717) is 12.1 Å². The number of nitrogens with one attached hydrogen (secondary N) is 1. The first kappa shape index (κ1) is 14.9. The van der Waals surface area contributed by atoms with E-state index in [4.69, 9.17) is 0 Å². The highest BCUT2D eigenvalue weighted by Gasteiger charge is 2.33. The number of amides is 1. The lowest BCUT2D eigenvalue weighted by Crippen LogP contribution is -2.38. The van der Waals surface area contributed by atoms with Gasteiger partial charge < -0.3 is 15.3 Å². The molecule has 20 heavy (non-hydrogen) atoms. The number of hydrogen-bond donors (Lipinski definition) is 2. The summed E-state index contributed by atoms with van der Waals surface area (Å²) in [6.45, 7) is 0.727. The van der Waals surface area contributed by atoms with Gasteiger partial charge in [-0.3, -0.25) is 4.79 Å². The van der Waals surface area contributed by atoms with Gasteiger partial charge in [0.1, 0.15) is 0 Å². The zero-order valence-electron chi connectivity index (χ0n) is 12.4. The number of hydrogen-bond acceptors (Lipinski definition) is 3. The van der Waals surface area contributed by atoms with E-state index >= 15 is 0 Å². The maximum atomic E-state index is 12.1. The van der Waals surface area contributed by atoms with Crippen LogP contribution in [-0.2, 0) is 0 Å². The number of aliphatic hydroxyl groups excluding tert-OH is 1. The summed E-state index contributed by atoms with van der Waals surface area (Å²) in [6.07, 6.45) is 4.30. The van der Waals surface area contributed by atoms with Gasteiger partial charge in [-0.05, 0) is 37.1 Å². The molecular weight excluding hydrogens is 252 g/mol. The van der Waals surface area contributed by atoms with E-state index in [1.165, 1.54) is 0 Å². The van der Waals surface area contributed by atoms with E-state index in [-0.39, 0.29) is 17.9 Å². The van der Waals surface area contributed by atoms with Gasteiger partial charge in [0.2, 0.25) is 0 Å². The van der Waals surface area contributed by atoms with Crippen LogP contribution in [0.5, 0.6) is 0 Å². The number of anilines is 1. The van der Waals surface area contributed by atoms with E-state index in [9.17, 15) is 9.90 Å². The number of rotatable bonds is 5. The first-order valence-corrected chi connectivity index (χ1v) is 7.23. The zero-order valence-corrected chi connectivity index (χ0v) is 12.4. The second-order valence-corrected chi connectivity index (χ2v) is 5.99. The van der Waals surface area contributed by atoms with E-state index in [1.54, 1.807) is 0 Å². The molecule has 0 spiro atoms. The molecule has 0 saturated heterocycles. The van der Waals surface area contributed by atoms with Crippen LogP contribution in [0.1, 0.15) is 36.0 Å². The van der Waals surface area contributed by atoms with E-state index in [1.807, 2.05) is 43.3 Å². The Morgan fingerprint density at radius 2 is 1.85 bits per heavy atom. The summed E-state index contributed by atoms with van der Waals surface area (Å²) in [7, 11) is 3.94. The van der Waals surface area contributed by atoms with Crippen LogP contribution in [0, 0.1) is 5.41 Å². The SMILES string of the molecule is CN(C)c1ccc(C(=O)NCC2(CO)CCCC2)cc1. The molecule has 1 aliphatic rings. The normalized spacial score (nSPS) is 16.9. The summed E-state index contributed by atoms with van der Waals surface area (Å²) >= 11 is 0. The summed E-state index contributed by atoms with van der Waals surface area (Å²) in [5.41, 5.74) is 1.64. The van der Waals surface area contributed by atoms with Crippen molar-refractivity contribution in [3.63, 3.8) is 0 Å². The van der Waals surface area contributed by atoms with Crippen LogP contribution in [-0.4, -0.2) is 38.3 Å². The molecule has 1 aromatic carbocycles. The highest BCUT2D eigenvalue weighted by Crippen LogP contribution is 2.36. The molecule has 0 atom stereocenters. The largest absolute Gasteiger partial charge is 0.396 e. The van der Waals surface area contributed by atoms with Crippen LogP contribution in [0.25, 0.3) is 0 Å². The van der Waals surface area contributed by atoms with Crippen molar-refractivity contribution < 1.29 is 9.90 Å². The fourth-order valence-electron chi connectivity index (χ4n) is 2.80. The third kappa shape index (κ3) is 3.31. The Hall–Kier alpha value is -1.55. The predicted molar refractivity (Wildman–Crippen MR) is 81.1 cm³/mol. The van der Waals surface area contributed by atoms with Gasteiger partial charge in [0.15, 0.2) is 0 Å². The Balaban J connectivity index is 1.94. The van der Waals surface area contributed by atoms with Gasteiger partial charge in [0, 0.05) is 37.3 Å². The van der Waals surface area contributed by atoms with Crippen LogP contribution >= 0.6 is 0 Å². The molecule has 1 amide bonds. The third-order valence-electron chi connectivity index (χ3n) is 4.27. The Bertz CT molecular complexity index is 448. The number of benzene rings is 1. The number of carbonyl (C=O) groups excluding carboxylic acids is 1. The molecular formula is C16H24N2O2. The van der Waals surface area contributed by atoms with Crippen LogP contribution in [0.3, 0.4) is 0 Å². The van der Waals surface area contributed by atoms with Gasteiger partial charge in [-0.15, -0.1) is 0 Å². The second-order valence-electron chi connectivity index (χ2n) is 5.99. The van der Waals surface area contributed by atoms with Crippen molar-refractivity contribution in [3.8, 4) is 0 Å². The average molecular weight is 276 g/mol. The quantitative estimate of drug-likeness (QED) is 0.865. The summed E-state index contributed by atoms with van der Waals surface area (Å²) < 4.78 is 0. The molecule has 110 valence electrons.